The molecule has 1 aliphatic heterocycles. The van der Waals surface area contributed by atoms with Crippen LogP contribution in [0.5, 0.6) is 5.75 Å². The average molecular weight is 609 g/mol. The number of aryl methyl sites for hydroxylation is 2. The van der Waals surface area contributed by atoms with Crippen molar-refractivity contribution < 1.29 is 22.7 Å². The fourth-order valence-electron chi connectivity index (χ4n) is 6.19. The molecule has 0 amide bonds. The predicted molar refractivity (Wildman–Crippen MR) is 159 cm³/mol. The first-order valence-electron chi connectivity index (χ1n) is 14.2. The number of carbonyl (C=O) groups excluding carboxylic acids is 1. The summed E-state index contributed by atoms with van der Waals surface area (Å²) in [6.45, 7) is 4.35. The Morgan fingerprint density at radius 2 is 2.00 bits per heavy atom. The van der Waals surface area contributed by atoms with Gasteiger partial charge in [0.2, 0.25) is 10.0 Å². The van der Waals surface area contributed by atoms with Gasteiger partial charge in [-0.05, 0) is 79.1 Å². The molecule has 0 N–H and O–H groups in total. The van der Waals surface area contributed by atoms with Crippen molar-refractivity contribution in [3.63, 3.8) is 0 Å². The maximum absolute atomic E-state index is 13.9. The summed E-state index contributed by atoms with van der Waals surface area (Å²) in [4.78, 5) is 13.1. The SMILES string of the molecule is CCOC(=O)CC(c1cc2c(c(CN3C[C@@H](C)Oc4ccccc4S3(=O)=O)c1)CCC2)c1ccc2c(nnn2C)c1Cl. The lowest BCUT2D eigenvalue weighted by molar-refractivity contribution is -0.143. The quantitative estimate of drug-likeness (QED) is 0.267. The third-order valence-electron chi connectivity index (χ3n) is 8.14. The van der Waals surface area contributed by atoms with Crippen molar-refractivity contribution in [1.82, 2.24) is 19.3 Å². The van der Waals surface area contributed by atoms with Gasteiger partial charge in [0.05, 0.1) is 30.1 Å². The Balaban J connectivity index is 1.45. The molecule has 0 saturated carbocycles. The number of esters is 1. The number of benzene rings is 3. The molecule has 1 unspecified atom stereocenters. The van der Waals surface area contributed by atoms with Crippen LogP contribution in [0.2, 0.25) is 5.02 Å². The number of aromatic nitrogens is 3. The monoisotopic (exact) mass is 608 g/mol. The minimum atomic E-state index is -3.81. The molecule has 0 saturated heterocycles. The Morgan fingerprint density at radius 1 is 1.19 bits per heavy atom. The van der Waals surface area contributed by atoms with Gasteiger partial charge in [-0.25, -0.2) is 13.1 Å². The first-order valence-corrected chi connectivity index (χ1v) is 16.0. The number of fused-ring (bicyclic) bond motifs is 3. The normalized spacial score (nSPS) is 18.6. The second kappa shape index (κ2) is 11.3. The van der Waals surface area contributed by atoms with Crippen LogP contribution in [0.1, 0.15) is 60.4 Å². The van der Waals surface area contributed by atoms with Gasteiger partial charge in [-0.1, -0.05) is 47.1 Å². The van der Waals surface area contributed by atoms with Gasteiger partial charge in [-0.2, -0.15) is 4.31 Å². The van der Waals surface area contributed by atoms with E-state index in [2.05, 4.69) is 16.4 Å². The summed E-state index contributed by atoms with van der Waals surface area (Å²) in [5.41, 5.74) is 6.27. The lowest BCUT2D eigenvalue weighted by Gasteiger charge is -2.25. The molecule has 0 radical (unpaired) electrons. The second-order valence-electron chi connectivity index (χ2n) is 11.0. The van der Waals surface area contributed by atoms with E-state index >= 15 is 0 Å². The number of ether oxygens (including phenoxy) is 2. The molecule has 9 nitrogen and oxygen atoms in total. The molecule has 2 aliphatic rings. The van der Waals surface area contributed by atoms with Crippen LogP contribution >= 0.6 is 11.6 Å². The second-order valence-corrected chi connectivity index (χ2v) is 13.2. The van der Waals surface area contributed by atoms with Gasteiger partial charge in [0.15, 0.2) is 0 Å². The number of sulfonamides is 1. The Hall–Kier alpha value is -3.47. The Kier molecular flexibility index (Phi) is 7.72. The summed E-state index contributed by atoms with van der Waals surface area (Å²) in [5.74, 6) is -0.385. The van der Waals surface area contributed by atoms with E-state index in [0.29, 0.717) is 16.3 Å². The van der Waals surface area contributed by atoms with Gasteiger partial charge in [0.1, 0.15) is 22.3 Å². The van der Waals surface area contributed by atoms with Crippen molar-refractivity contribution in [3.05, 3.63) is 81.4 Å². The molecule has 1 aromatic heterocycles. The molecule has 2 heterocycles. The molecule has 220 valence electrons. The molecule has 2 atom stereocenters. The molecule has 4 aromatic rings. The summed E-state index contributed by atoms with van der Waals surface area (Å²) >= 11 is 6.92. The average Bonchev–Trinajstić information content (AvgIpc) is 3.57. The highest BCUT2D eigenvalue weighted by molar-refractivity contribution is 7.89. The zero-order valence-electron chi connectivity index (χ0n) is 23.8. The number of hydrogen-bond acceptors (Lipinski definition) is 7. The minimum Gasteiger partial charge on any atom is -0.488 e. The largest absolute Gasteiger partial charge is 0.488 e. The van der Waals surface area contributed by atoms with E-state index in [1.807, 2.05) is 25.1 Å². The van der Waals surface area contributed by atoms with E-state index in [4.69, 9.17) is 21.1 Å². The first-order chi connectivity index (χ1) is 20.2. The summed E-state index contributed by atoms with van der Waals surface area (Å²) in [5, 5.41) is 8.80. The maximum Gasteiger partial charge on any atom is 0.306 e. The summed E-state index contributed by atoms with van der Waals surface area (Å²) in [6.07, 6.45) is 2.49. The van der Waals surface area contributed by atoms with Crippen molar-refractivity contribution in [1.29, 1.82) is 0 Å². The summed E-state index contributed by atoms with van der Waals surface area (Å²) in [7, 11) is -2.01. The van der Waals surface area contributed by atoms with Crippen LogP contribution in [0.3, 0.4) is 0 Å². The summed E-state index contributed by atoms with van der Waals surface area (Å²) in [6, 6.07) is 14.8. The number of carbonyl (C=O) groups is 1. The van der Waals surface area contributed by atoms with Crippen molar-refractivity contribution in [2.75, 3.05) is 13.2 Å². The Labute approximate surface area is 250 Å². The number of halogens is 1. The van der Waals surface area contributed by atoms with Crippen molar-refractivity contribution >= 4 is 38.6 Å². The lowest BCUT2D eigenvalue weighted by atomic mass is 9.85. The van der Waals surface area contributed by atoms with Gasteiger partial charge >= 0.3 is 5.97 Å². The lowest BCUT2D eigenvalue weighted by Crippen LogP contribution is -2.35. The van der Waals surface area contributed by atoms with Gasteiger partial charge < -0.3 is 9.47 Å². The van der Waals surface area contributed by atoms with Crippen LogP contribution in [0.4, 0.5) is 0 Å². The minimum absolute atomic E-state index is 0.0812. The number of para-hydroxylation sites is 1. The van der Waals surface area contributed by atoms with Crippen LogP contribution in [-0.2, 0) is 46.0 Å². The number of rotatable bonds is 7. The van der Waals surface area contributed by atoms with Crippen LogP contribution in [0.25, 0.3) is 11.0 Å². The third-order valence-corrected chi connectivity index (χ3v) is 10.4. The molecule has 0 spiro atoms. The van der Waals surface area contributed by atoms with Crippen molar-refractivity contribution in [3.8, 4) is 5.75 Å². The zero-order chi connectivity index (χ0) is 29.6. The Bertz CT molecular complexity index is 1790. The van der Waals surface area contributed by atoms with Gasteiger partial charge in [-0.3, -0.25) is 4.79 Å². The molecule has 0 bridgehead atoms. The molecule has 0 fully saturated rings. The standard InChI is InChI=1S/C31H33ClN4O5S/c1-4-40-29(37)16-25(24-12-13-26-31(30(24)32)33-34-35(26)3)21-14-20-8-7-9-23(20)22(15-21)18-36-17-19(2)41-27-10-5-6-11-28(27)42(36,38)39/h5-6,10-15,19,25H,4,7-9,16-18H2,1-3H3/t19-,25?/m1/s1. The van der Waals surface area contributed by atoms with E-state index in [-0.39, 0.29) is 43.1 Å². The summed E-state index contributed by atoms with van der Waals surface area (Å²) < 4.78 is 42.2. The molecular formula is C31H33ClN4O5S. The Morgan fingerprint density at radius 3 is 2.81 bits per heavy atom. The van der Waals surface area contributed by atoms with E-state index in [1.54, 1.807) is 42.9 Å². The van der Waals surface area contributed by atoms with E-state index in [0.717, 1.165) is 41.5 Å². The van der Waals surface area contributed by atoms with Crippen LogP contribution < -0.4 is 4.74 Å². The van der Waals surface area contributed by atoms with E-state index in [1.165, 1.54) is 15.4 Å². The molecule has 1 aliphatic carbocycles. The van der Waals surface area contributed by atoms with Crippen molar-refractivity contribution in [2.45, 2.75) is 63.0 Å². The first kappa shape index (κ1) is 28.6. The maximum atomic E-state index is 13.9. The third kappa shape index (κ3) is 5.16. The van der Waals surface area contributed by atoms with Crippen molar-refractivity contribution in [2.24, 2.45) is 7.05 Å². The van der Waals surface area contributed by atoms with Crippen LogP contribution in [-0.4, -0.2) is 52.9 Å². The topological polar surface area (TPSA) is 104 Å². The fraction of sp³-hybridized carbons (Fsp3) is 0.387. The number of hydrogen-bond donors (Lipinski definition) is 0. The fourth-order valence-corrected chi connectivity index (χ4v) is 8.14. The molecule has 6 rings (SSSR count). The van der Waals surface area contributed by atoms with Crippen LogP contribution in [0.15, 0.2) is 53.4 Å². The molecule has 11 heteroatoms. The molecular weight excluding hydrogens is 576 g/mol. The zero-order valence-corrected chi connectivity index (χ0v) is 25.4. The highest BCUT2D eigenvalue weighted by Gasteiger charge is 2.35. The molecule has 42 heavy (non-hydrogen) atoms. The van der Waals surface area contributed by atoms with Crippen LogP contribution in [0, 0.1) is 0 Å². The highest BCUT2D eigenvalue weighted by Crippen LogP contribution is 2.40. The molecule has 3 aromatic carbocycles. The van der Waals surface area contributed by atoms with Gasteiger partial charge in [-0.15, -0.1) is 5.10 Å². The van der Waals surface area contributed by atoms with Gasteiger partial charge in [0, 0.05) is 19.5 Å². The van der Waals surface area contributed by atoms with E-state index in [9.17, 15) is 13.2 Å². The smallest absolute Gasteiger partial charge is 0.306 e. The highest BCUT2D eigenvalue weighted by atomic mass is 35.5. The van der Waals surface area contributed by atoms with E-state index < -0.39 is 15.9 Å². The predicted octanol–water partition coefficient (Wildman–Crippen LogP) is 5.17. The van der Waals surface area contributed by atoms with Gasteiger partial charge in [0.25, 0.3) is 0 Å². The number of nitrogens with zero attached hydrogens (tertiary/aromatic N) is 4.